The molecule has 14 heavy (non-hydrogen) atoms. The van der Waals surface area contributed by atoms with Crippen LogP contribution >= 0.6 is 0 Å². The number of hydrogen-bond acceptors (Lipinski definition) is 6. The lowest BCUT2D eigenvalue weighted by Gasteiger charge is -2.11. The quantitative estimate of drug-likeness (QED) is 0.464. The van der Waals surface area contributed by atoms with Crippen LogP contribution in [0.15, 0.2) is 6.33 Å². The van der Waals surface area contributed by atoms with Gasteiger partial charge in [-0.15, -0.1) is 0 Å². The number of nitrogens with one attached hydrogen (secondary N) is 2. The van der Waals surface area contributed by atoms with E-state index in [2.05, 4.69) is 20.7 Å². The van der Waals surface area contributed by atoms with E-state index in [1.807, 2.05) is 0 Å². The van der Waals surface area contributed by atoms with E-state index in [9.17, 15) is 4.39 Å². The van der Waals surface area contributed by atoms with Crippen LogP contribution in [0.5, 0.6) is 5.75 Å². The number of nitrogens with zero attached hydrogens (tertiary/aromatic N) is 2. The first-order chi connectivity index (χ1) is 6.83. The summed E-state index contributed by atoms with van der Waals surface area (Å²) in [6, 6.07) is 0. The molecule has 0 aliphatic carbocycles. The van der Waals surface area contributed by atoms with Gasteiger partial charge in [-0.2, -0.15) is 0 Å². The molecule has 0 bridgehead atoms. The highest BCUT2D eigenvalue weighted by molar-refractivity contribution is 5.62. The van der Waals surface area contributed by atoms with Crippen molar-refractivity contribution >= 4 is 11.6 Å². The molecule has 0 aromatic carbocycles. The molecular weight excluding hydrogens is 189 g/mol. The molecule has 0 aliphatic rings. The van der Waals surface area contributed by atoms with Crippen LogP contribution in [0, 0.1) is 0 Å². The van der Waals surface area contributed by atoms with Crippen LogP contribution in [0.2, 0.25) is 0 Å². The van der Waals surface area contributed by atoms with Gasteiger partial charge < -0.3 is 15.5 Å². The summed E-state index contributed by atoms with van der Waals surface area (Å²) in [4.78, 5) is 7.72. The van der Waals surface area contributed by atoms with Gasteiger partial charge in [-0.25, -0.2) is 20.2 Å². The first-order valence-corrected chi connectivity index (χ1v) is 3.99. The minimum Gasteiger partial charge on any atom is -0.490 e. The van der Waals surface area contributed by atoms with E-state index < -0.39 is 6.67 Å². The zero-order valence-electron chi connectivity index (χ0n) is 7.75. The second-order valence-corrected chi connectivity index (χ2v) is 2.36. The first-order valence-electron chi connectivity index (χ1n) is 3.99. The zero-order chi connectivity index (χ0) is 10.4. The van der Waals surface area contributed by atoms with E-state index >= 15 is 0 Å². The molecule has 0 saturated carbocycles. The molecule has 1 aromatic heterocycles. The minimum atomic E-state index is -0.488. The Labute approximate surface area is 80.7 Å². The van der Waals surface area contributed by atoms with E-state index in [1.54, 1.807) is 0 Å². The average molecular weight is 201 g/mol. The van der Waals surface area contributed by atoms with Crippen LogP contribution in [-0.4, -0.2) is 30.3 Å². The van der Waals surface area contributed by atoms with Crippen molar-refractivity contribution in [3.63, 3.8) is 0 Å². The van der Waals surface area contributed by atoms with E-state index in [0.717, 1.165) is 0 Å². The average Bonchev–Trinajstić information content (AvgIpc) is 2.25. The van der Waals surface area contributed by atoms with Gasteiger partial charge in [0, 0.05) is 6.54 Å². The largest absolute Gasteiger partial charge is 0.490 e. The standard InChI is InChI=1S/C7H12FN5O/c1-14-5-6(10-3-2-8)11-4-12-7(5)13-9/h4H,2-3,9H2,1H3,(H2,10,11,12,13). The number of hydrogen-bond donors (Lipinski definition) is 3. The minimum absolute atomic E-state index is 0.164. The van der Waals surface area contributed by atoms with Crippen LogP contribution < -0.4 is 21.3 Å². The van der Waals surface area contributed by atoms with Crippen molar-refractivity contribution in [3.05, 3.63) is 6.33 Å². The summed E-state index contributed by atoms with van der Waals surface area (Å²) in [5.41, 5.74) is 2.35. The van der Waals surface area contributed by atoms with Gasteiger partial charge in [-0.05, 0) is 0 Å². The molecule has 0 unspecified atom stereocenters. The monoisotopic (exact) mass is 201 g/mol. The molecule has 4 N–H and O–H groups in total. The molecule has 0 saturated heterocycles. The molecule has 0 radical (unpaired) electrons. The van der Waals surface area contributed by atoms with Crippen molar-refractivity contribution in [1.29, 1.82) is 0 Å². The van der Waals surface area contributed by atoms with Crippen LogP contribution in [0.1, 0.15) is 0 Å². The molecule has 0 spiro atoms. The van der Waals surface area contributed by atoms with Gasteiger partial charge in [0.05, 0.1) is 7.11 Å². The van der Waals surface area contributed by atoms with Crippen molar-refractivity contribution in [2.24, 2.45) is 5.84 Å². The summed E-state index contributed by atoms with van der Waals surface area (Å²) in [6.07, 6.45) is 1.30. The Morgan fingerprint density at radius 2 is 2.21 bits per heavy atom. The summed E-state index contributed by atoms with van der Waals surface area (Å²) in [5.74, 6) is 6.33. The number of hydrazine groups is 1. The number of rotatable bonds is 5. The SMILES string of the molecule is COc1c(NN)ncnc1NCCF. The number of anilines is 2. The van der Waals surface area contributed by atoms with Crippen molar-refractivity contribution < 1.29 is 9.13 Å². The smallest absolute Gasteiger partial charge is 0.205 e. The van der Waals surface area contributed by atoms with Crippen molar-refractivity contribution in [3.8, 4) is 5.75 Å². The van der Waals surface area contributed by atoms with Crippen molar-refractivity contribution in [1.82, 2.24) is 9.97 Å². The summed E-state index contributed by atoms with van der Waals surface area (Å²) in [7, 11) is 1.46. The Bertz CT molecular complexity index is 295. The van der Waals surface area contributed by atoms with Gasteiger partial charge in [0.2, 0.25) is 5.75 Å². The highest BCUT2D eigenvalue weighted by atomic mass is 19.1. The molecule has 1 aromatic rings. The fourth-order valence-corrected chi connectivity index (χ4v) is 0.961. The summed E-state index contributed by atoms with van der Waals surface area (Å²) in [5, 5.41) is 2.74. The molecule has 0 atom stereocenters. The van der Waals surface area contributed by atoms with Gasteiger partial charge in [0.1, 0.15) is 13.0 Å². The van der Waals surface area contributed by atoms with E-state index in [4.69, 9.17) is 10.6 Å². The summed E-state index contributed by atoms with van der Waals surface area (Å²) in [6.45, 7) is -0.323. The van der Waals surface area contributed by atoms with E-state index in [1.165, 1.54) is 13.4 Å². The molecule has 0 fully saturated rings. The maximum atomic E-state index is 11.9. The summed E-state index contributed by atoms with van der Waals surface area (Å²) < 4.78 is 16.9. The van der Waals surface area contributed by atoms with Gasteiger partial charge in [0.25, 0.3) is 0 Å². The third kappa shape index (κ3) is 2.19. The number of halogens is 1. The molecular formula is C7H12FN5O. The van der Waals surface area contributed by atoms with Gasteiger partial charge >= 0.3 is 0 Å². The van der Waals surface area contributed by atoms with Gasteiger partial charge in [0.15, 0.2) is 11.6 Å². The van der Waals surface area contributed by atoms with Crippen LogP contribution in [0.3, 0.4) is 0 Å². The Morgan fingerprint density at radius 3 is 2.79 bits per heavy atom. The second kappa shape index (κ2) is 5.18. The predicted octanol–water partition coefficient (Wildman–Crippen LogP) is 0.152. The highest BCUT2D eigenvalue weighted by Crippen LogP contribution is 2.27. The number of ether oxygens (including phenoxy) is 1. The van der Waals surface area contributed by atoms with Gasteiger partial charge in [-0.1, -0.05) is 0 Å². The third-order valence-electron chi connectivity index (χ3n) is 1.53. The maximum Gasteiger partial charge on any atom is 0.205 e. The number of nitrogens with two attached hydrogens (primary N) is 1. The second-order valence-electron chi connectivity index (χ2n) is 2.36. The van der Waals surface area contributed by atoms with Crippen LogP contribution in [-0.2, 0) is 0 Å². The third-order valence-corrected chi connectivity index (χ3v) is 1.53. The Balaban J connectivity index is 2.90. The summed E-state index contributed by atoms with van der Waals surface area (Å²) >= 11 is 0. The maximum absolute atomic E-state index is 11.9. The molecule has 7 heteroatoms. The molecule has 0 amide bonds. The Morgan fingerprint density at radius 1 is 1.50 bits per heavy atom. The van der Waals surface area contributed by atoms with Gasteiger partial charge in [-0.3, -0.25) is 0 Å². The molecule has 1 rings (SSSR count). The van der Waals surface area contributed by atoms with Crippen molar-refractivity contribution in [2.45, 2.75) is 0 Å². The topological polar surface area (TPSA) is 85.1 Å². The predicted molar refractivity (Wildman–Crippen MR) is 50.9 cm³/mol. The normalized spacial score (nSPS) is 9.64. The van der Waals surface area contributed by atoms with Crippen LogP contribution in [0.4, 0.5) is 16.0 Å². The lowest BCUT2D eigenvalue weighted by Crippen LogP contribution is -2.13. The first kappa shape index (κ1) is 10.5. The lowest BCUT2D eigenvalue weighted by atomic mass is 10.4. The molecule has 78 valence electrons. The fraction of sp³-hybridized carbons (Fsp3) is 0.429. The molecule has 6 nitrogen and oxygen atoms in total. The number of nitrogen functional groups attached to an aromatic ring is 1. The van der Waals surface area contributed by atoms with E-state index in [0.29, 0.717) is 17.4 Å². The Hall–Kier alpha value is -1.63. The highest BCUT2D eigenvalue weighted by Gasteiger charge is 2.09. The molecule has 0 aliphatic heterocycles. The fourth-order valence-electron chi connectivity index (χ4n) is 0.961. The van der Waals surface area contributed by atoms with Crippen LogP contribution in [0.25, 0.3) is 0 Å². The van der Waals surface area contributed by atoms with E-state index in [-0.39, 0.29) is 6.54 Å². The Kier molecular flexibility index (Phi) is 3.86. The number of methoxy groups -OCH3 is 1. The molecule has 1 heterocycles. The number of alkyl halides is 1. The number of aromatic nitrogens is 2. The zero-order valence-corrected chi connectivity index (χ0v) is 7.75. The van der Waals surface area contributed by atoms with Crippen molar-refractivity contribution in [2.75, 3.05) is 31.1 Å². The lowest BCUT2D eigenvalue weighted by molar-refractivity contribution is 0.414.